The molecule has 0 aliphatic heterocycles. The van der Waals surface area contributed by atoms with Crippen molar-refractivity contribution in [3.05, 3.63) is 28.2 Å². The van der Waals surface area contributed by atoms with Gasteiger partial charge in [0, 0.05) is 4.47 Å². The third kappa shape index (κ3) is 3.54. The van der Waals surface area contributed by atoms with Crippen LogP contribution in [0.2, 0.25) is 0 Å². The Kier molecular flexibility index (Phi) is 4.16. The summed E-state index contributed by atoms with van der Waals surface area (Å²) in [4.78, 5) is 11.8. The molecular formula is C12H13BrN4O2. The van der Waals surface area contributed by atoms with Crippen molar-refractivity contribution < 1.29 is 9.47 Å². The van der Waals surface area contributed by atoms with Crippen molar-refractivity contribution >= 4 is 21.9 Å². The van der Waals surface area contributed by atoms with Gasteiger partial charge in [-0.3, -0.25) is 0 Å². The zero-order chi connectivity index (χ0) is 13.8. The normalized spacial score (nSPS) is 10.3. The second-order valence-corrected chi connectivity index (χ2v) is 4.56. The molecule has 0 radical (unpaired) electrons. The monoisotopic (exact) mass is 324 g/mol. The maximum Gasteiger partial charge on any atom is 0.330 e. The largest absolute Gasteiger partial charge is 0.464 e. The second kappa shape index (κ2) is 5.83. The molecule has 19 heavy (non-hydrogen) atoms. The quantitative estimate of drug-likeness (QED) is 0.930. The van der Waals surface area contributed by atoms with Gasteiger partial charge in [0.2, 0.25) is 5.95 Å². The highest BCUT2D eigenvalue weighted by Crippen LogP contribution is 2.25. The average molecular weight is 325 g/mol. The van der Waals surface area contributed by atoms with Crippen LogP contribution < -0.4 is 15.2 Å². The topological polar surface area (TPSA) is 83.2 Å². The molecule has 0 atom stereocenters. The number of rotatable bonds is 4. The SMILES string of the molecule is CCOc1nc(N)nc(Oc2ccc(Br)c(C)c2)n1. The first-order valence-corrected chi connectivity index (χ1v) is 6.46. The van der Waals surface area contributed by atoms with Gasteiger partial charge in [0.15, 0.2) is 0 Å². The zero-order valence-electron chi connectivity index (χ0n) is 10.6. The number of benzene rings is 1. The summed E-state index contributed by atoms with van der Waals surface area (Å²) in [6.45, 7) is 4.24. The van der Waals surface area contributed by atoms with Gasteiger partial charge >= 0.3 is 12.0 Å². The number of hydrogen-bond donors (Lipinski definition) is 1. The number of nitrogen functional groups attached to an aromatic ring is 1. The van der Waals surface area contributed by atoms with E-state index in [4.69, 9.17) is 15.2 Å². The minimum absolute atomic E-state index is 0.0577. The number of nitrogens with zero attached hydrogens (tertiary/aromatic N) is 3. The molecule has 2 aromatic rings. The first-order valence-electron chi connectivity index (χ1n) is 5.67. The van der Waals surface area contributed by atoms with Gasteiger partial charge in [-0.05, 0) is 37.6 Å². The summed E-state index contributed by atoms with van der Waals surface area (Å²) in [7, 11) is 0. The summed E-state index contributed by atoms with van der Waals surface area (Å²) < 4.78 is 11.7. The third-order valence-electron chi connectivity index (χ3n) is 2.22. The van der Waals surface area contributed by atoms with E-state index in [1.165, 1.54) is 0 Å². The molecular weight excluding hydrogens is 312 g/mol. The van der Waals surface area contributed by atoms with Crippen LogP contribution >= 0.6 is 15.9 Å². The smallest absolute Gasteiger partial charge is 0.330 e. The van der Waals surface area contributed by atoms with E-state index in [-0.39, 0.29) is 18.0 Å². The fourth-order valence-corrected chi connectivity index (χ4v) is 1.62. The maximum atomic E-state index is 5.57. The summed E-state index contributed by atoms with van der Waals surface area (Å²) in [5.41, 5.74) is 6.61. The van der Waals surface area contributed by atoms with Crippen LogP contribution in [0.1, 0.15) is 12.5 Å². The number of halogens is 1. The Morgan fingerprint density at radius 1 is 1.21 bits per heavy atom. The summed E-state index contributed by atoms with van der Waals surface area (Å²) in [6, 6.07) is 5.82. The highest BCUT2D eigenvalue weighted by atomic mass is 79.9. The molecule has 0 aliphatic rings. The number of aromatic nitrogens is 3. The Labute approximate surface area is 119 Å². The van der Waals surface area contributed by atoms with Gasteiger partial charge < -0.3 is 15.2 Å². The lowest BCUT2D eigenvalue weighted by molar-refractivity contribution is 0.304. The molecule has 0 fully saturated rings. The Balaban J connectivity index is 2.24. The van der Waals surface area contributed by atoms with Gasteiger partial charge in [0.1, 0.15) is 5.75 Å². The average Bonchev–Trinajstić information content (AvgIpc) is 2.33. The van der Waals surface area contributed by atoms with E-state index >= 15 is 0 Å². The lowest BCUT2D eigenvalue weighted by Gasteiger charge is -2.07. The van der Waals surface area contributed by atoms with Gasteiger partial charge in [-0.1, -0.05) is 15.9 Å². The van der Waals surface area contributed by atoms with Crippen molar-refractivity contribution in [2.24, 2.45) is 0 Å². The van der Waals surface area contributed by atoms with E-state index in [1.807, 2.05) is 26.0 Å². The van der Waals surface area contributed by atoms with E-state index < -0.39 is 0 Å². The maximum absolute atomic E-state index is 5.57. The molecule has 1 aromatic carbocycles. The molecule has 0 unspecified atom stereocenters. The summed E-state index contributed by atoms with van der Waals surface area (Å²) in [5, 5.41) is 0. The Morgan fingerprint density at radius 2 is 1.95 bits per heavy atom. The van der Waals surface area contributed by atoms with Crippen LogP contribution in [-0.4, -0.2) is 21.6 Å². The Bertz CT molecular complexity index is 592. The molecule has 0 saturated carbocycles. The van der Waals surface area contributed by atoms with Crippen molar-refractivity contribution in [3.8, 4) is 17.8 Å². The number of aryl methyl sites for hydroxylation is 1. The first kappa shape index (κ1) is 13.5. The molecule has 7 heteroatoms. The molecule has 0 bridgehead atoms. The van der Waals surface area contributed by atoms with Gasteiger partial charge in [-0.2, -0.15) is 9.97 Å². The van der Waals surface area contributed by atoms with Crippen molar-refractivity contribution in [1.29, 1.82) is 0 Å². The highest BCUT2D eigenvalue weighted by molar-refractivity contribution is 9.10. The van der Waals surface area contributed by atoms with Crippen LogP contribution in [0.25, 0.3) is 0 Å². The number of anilines is 1. The third-order valence-corrected chi connectivity index (χ3v) is 3.11. The zero-order valence-corrected chi connectivity index (χ0v) is 12.1. The van der Waals surface area contributed by atoms with Crippen molar-refractivity contribution in [3.63, 3.8) is 0 Å². The molecule has 100 valence electrons. The van der Waals surface area contributed by atoms with E-state index in [0.29, 0.717) is 12.4 Å². The predicted octanol–water partition coefficient (Wildman–Crippen LogP) is 2.72. The lowest BCUT2D eigenvalue weighted by Crippen LogP contribution is -2.04. The molecule has 1 aromatic heterocycles. The van der Waals surface area contributed by atoms with E-state index in [0.717, 1.165) is 10.0 Å². The van der Waals surface area contributed by atoms with Crippen LogP contribution in [0.3, 0.4) is 0 Å². The van der Waals surface area contributed by atoms with Crippen LogP contribution in [0.4, 0.5) is 5.95 Å². The lowest BCUT2D eigenvalue weighted by atomic mass is 10.2. The molecule has 1 heterocycles. The van der Waals surface area contributed by atoms with E-state index in [1.54, 1.807) is 6.07 Å². The molecule has 2 rings (SSSR count). The number of hydrogen-bond acceptors (Lipinski definition) is 6. The second-order valence-electron chi connectivity index (χ2n) is 3.70. The Morgan fingerprint density at radius 3 is 2.63 bits per heavy atom. The molecule has 2 N–H and O–H groups in total. The standard InChI is InChI=1S/C12H13BrN4O2/c1-3-18-11-15-10(14)16-12(17-11)19-8-4-5-9(13)7(2)6-8/h4-6H,3H2,1-2H3,(H2,14,15,16,17). The van der Waals surface area contributed by atoms with Crippen molar-refractivity contribution in [1.82, 2.24) is 15.0 Å². The minimum atomic E-state index is 0.0577. The van der Waals surface area contributed by atoms with Crippen LogP contribution in [0.15, 0.2) is 22.7 Å². The highest BCUT2D eigenvalue weighted by Gasteiger charge is 2.08. The summed E-state index contributed by atoms with van der Waals surface area (Å²) in [5.74, 6) is 0.677. The number of nitrogens with two attached hydrogens (primary N) is 1. The van der Waals surface area contributed by atoms with E-state index in [9.17, 15) is 0 Å². The fraction of sp³-hybridized carbons (Fsp3) is 0.250. The first-order chi connectivity index (χ1) is 9.08. The van der Waals surface area contributed by atoms with Crippen LogP contribution in [-0.2, 0) is 0 Å². The molecule has 0 aliphatic carbocycles. The Hall–Kier alpha value is -1.89. The van der Waals surface area contributed by atoms with Crippen LogP contribution in [0, 0.1) is 6.92 Å². The van der Waals surface area contributed by atoms with Gasteiger partial charge in [-0.15, -0.1) is 4.98 Å². The number of ether oxygens (including phenoxy) is 2. The van der Waals surface area contributed by atoms with Gasteiger partial charge in [-0.25, -0.2) is 0 Å². The minimum Gasteiger partial charge on any atom is -0.464 e. The van der Waals surface area contributed by atoms with Gasteiger partial charge in [0.05, 0.1) is 6.61 Å². The molecule has 0 saturated heterocycles. The van der Waals surface area contributed by atoms with E-state index in [2.05, 4.69) is 30.9 Å². The summed E-state index contributed by atoms with van der Waals surface area (Å²) in [6.07, 6.45) is 0. The molecule has 0 amide bonds. The molecule has 6 nitrogen and oxygen atoms in total. The van der Waals surface area contributed by atoms with Gasteiger partial charge in [0.25, 0.3) is 0 Å². The fourth-order valence-electron chi connectivity index (χ4n) is 1.38. The molecule has 0 spiro atoms. The summed E-state index contributed by atoms with van der Waals surface area (Å²) >= 11 is 3.42. The van der Waals surface area contributed by atoms with Crippen molar-refractivity contribution in [2.75, 3.05) is 12.3 Å². The predicted molar refractivity (Wildman–Crippen MR) is 74.4 cm³/mol. The van der Waals surface area contributed by atoms with Crippen molar-refractivity contribution in [2.45, 2.75) is 13.8 Å². The van der Waals surface area contributed by atoms with Crippen LogP contribution in [0.5, 0.6) is 17.8 Å².